The molecular formula is C27H26ClN7O5. The van der Waals surface area contributed by atoms with E-state index < -0.39 is 22.9 Å². The van der Waals surface area contributed by atoms with Crippen LogP contribution in [0.3, 0.4) is 0 Å². The van der Waals surface area contributed by atoms with E-state index in [1.54, 1.807) is 70.3 Å². The highest BCUT2D eigenvalue weighted by molar-refractivity contribution is 6.35. The van der Waals surface area contributed by atoms with Crippen LogP contribution in [-0.4, -0.2) is 50.8 Å². The predicted octanol–water partition coefficient (Wildman–Crippen LogP) is 3.49. The second kappa shape index (κ2) is 9.79. The zero-order valence-corrected chi connectivity index (χ0v) is 23.2. The minimum absolute atomic E-state index is 0.0254. The molecule has 0 saturated carbocycles. The van der Waals surface area contributed by atoms with Crippen LogP contribution in [-0.2, 0) is 25.4 Å². The van der Waals surface area contributed by atoms with Crippen molar-refractivity contribution in [1.82, 2.24) is 28.2 Å². The molecule has 0 saturated heterocycles. The maximum atomic E-state index is 13.8. The molecule has 12 nitrogen and oxygen atoms in total. The van der Waals surface area contributed by atoms with Gasteiger partial charge in [0, 0.05) is 30.7 Å². The molecule has 0 spiro atoms. The summed E-state index contributed by atoms with van der Waals surface area (Å²) in [5.41, 5.74) is -0.762. The number of aryl methyl sites for hydroxylation is 2. The fraction of sp³-hybridized carbons (Fsp3) is 0.259. The molecule has 40 heavy (non-hydrogen) atoms. The Morgan fingerprint density at radius 1 is 1.10 bits per heavy atom. The first-order valence-electron chi connectivity index (χ1n) is 12.2. The molecule has 0 bridgehead atoms. The molecule has 0 amide bonds. The summed E-state index contributed by atoms with van der Waals surface area (Å²) < 4.78 is 10.6. The van der Waals surface area contributed by atoms with Gasteiger partial charge in [-0.15, -0.1) is 0 Å². The van der Waals surface area contributed by atoms with Crippen molar-refractivity contribution >= 4 is 45.5 Å². The first-order chi connectivity index (χ1) is 18.9. The maximum absolute atomic E-state index is 13.8. The molecule has 5 aromatic rings. The average Bonchev–Trinajstić information content (AvgIpc) is 3.44. The number of imidazole rings is 1. The maximum Gasteiger partial charge on any atom is 0.419 e. The van der Waals surface area contributed by atoms with Crippen LogP contribution in [0.5, 0.6) is 0 Å². The van der Waals surface area contributed by atoms with Crippen LogP contribution >= 0.6 is 11.6 Å². The number of pyridine rings is 1. The van der Waals surface area contributed by atoms with Crippen molar-refractivity contribution in [2.75, 3.05) is 0 Å². The molecule has 4 heterocycles. The molecule has 0 unspecified atom stereocenters. The Morgan fingerprint density at radius 2 is 1.85 bits per heavy atom. The van der Waals surface area contributed by atoms with E-state index >= 15 is 0 Å². The van der Waals surface area contributed by atoms with Crippen molar-refractivity contribution in [2.45, 2.75) is 32.9 Å². The average molecular weight is 564 g/mol. The number of benzene rings is 1. The predicted molar refractivity (Wildman–Crippen MR) is 150 cm³/mol. The van der Waals surface area contributed by atoms with E-state index in [0.717, 1.165) is 4.57 Å². The lowest BCUT2D eigenvalue weighted by Crippen LogP contribution is -2.40. The second-order valence-electron chi connectivity index (χ2n) is 10.2. The van der Waals surface area contributed by atoms with Gasteiger partial charge in [-0.05, 0) is 51.1 Å². The summed E-state index contributed by atoms with van der Waals surface area (Å²) in [7, 11) is 3.06. The molecule has 0 fully saturated rings. The third-order valence-electron chi connectivity index (χ3n) is 6.34. The monoisotopic (exact) mass is 563 g/mol. The Morgan fingerprint density at radius 3 is 2.50 bits per heavy atom. The summed E-state index contributed by atoms with van der Waals surface area (Å²) in [6.45, 7) is 4.97. The topological polar surface area (TPSA) is 139 Å². The number of oxime groups is 1. The highest BCUT2D eigenvalue weighted by Gasteiger charge is 2.26. The van der Waals surface area contributed by atoms with Gasteiger partial charge in [-0.1, -0.05) is 28.9 Å². The molecule has 1 N–H and O–H groups in total. The zero-order valence-electron chi connectivity index (χ0n) is 22.4. The molecule has 0 radical (unpaired) electrons. The molecule has 4 aromatic heterocycles. The third kappa shape index (κ3) is 4.45. The van der Waals surface area contributed by atoms with Gasteiger partial charge in [-0.2, -0.15) is 0 Å². The summed E-state index contributed by atoms with van der Waals surface area (Å²) >= 11 is 6.42. The second-order valence-corrected chi connectivity index (χ2v) is 10.6. The number of carbonyl (C=O) groups is 1. The van der Waals surface area contributed by atoms with E-state index in [9.17, 15) is 19.6 Å². The van der Waals surface area contributed by atoms with Crippen molar-refractivity contribution in [3.63, 3.8) is 0 Å². The Kier molecular flexibility index (Phi) is 6.58. The van der Waals surface area contributed by atoms with Crippen LogP contribution in [0.4, 0.5) is 4.79 Å². The Bertz CT molecular complexity index is 1940. The van der Waals surface area contributed by atoms with Crippen molar-refractivity contribution in [1.29, 1.82) is 0 Å². The SMILES string of the molecule is Cn1c(/C(=N/O)c2ccccn2)nc2c1c(=O)n(Cc1cc3c(Cl)cccc3n1C(=O)OC(C)(C)C)c(=O)n2C. The largest absolute Gasteiger partial charge is 0.443 e. The quantitative estimate of drug-likeness (QED) is 0.200. The van der Waals surface area contributed by atoms with Gasteiger partial charge in [0.25, 0.3) is 5.56 Å². The number of halogens is 1. The van der Waals surface area contributed by atoms with Crippen LogP contribution in [0.25, 0.3) is 22.1 Å². The van der Waals surface area contributed by atoms with Crippen molar-refractivity contribution in [3.05, 3.63) is 91.7 Å². The number of hydrogen-bond donors (Lipinski definition) is 1. The smallest absolute Gasteiger partial charge is 0.419 e. The van der Waals surface area contributed by atoms with E-state index in [-0.39, 0.29) is 29.2 Å². The van der Waals surface area contributed by atoms with Crippen molar-refractivity contribution < 1.29 is 14.7 Å². The van der Waals surface area contributed by atoms with Crippen LogP contribution in [0.15, 0.2) is 63.4 Å². The molecule has 5 rings (SSSR count). The fourth-order valence-electron chi connectivity index (χ4n) is 4.56. The third-order valence-corrected chi connectivity index (χ3v) is 6.67. The van der Waals surface area contributed by atoms with Gasteiger partial charge in [0.2, 0.25) is 0 Å². The minimum Gasteiger partial charge on any atom is -0.443 e. The lowest BCUT2D eigenvalue weighted by molar-refractivity contribution is 0.0540. The number of rotatable bonds is 4. The van der Waals surface area contributed by atoms with Crippen molar-refractivity contribution in [3.8, 4) is 0 Å². The first kappa shape index (κ1) is 26.9. The van der Waals surface area contributed by atoms with E-state index in [1.165, 1.54) is 26.9 Å². The summed E-state index contributed by atoms with van der Waals surface area (Å²) in [5, 5.41) is 14.1. The van der Waals surface area contributed by atoms with Gasteiger partial charge < -0.3 is 14.5 Å². The molecule has 13 heteroatoms. The standard InChI is InChI=1S/C27H26ClN7O5/c1-27(2,3)40-26(38)35-15(13-16-17(28)9-8-11-19(16)35)14-34-24(36)21-23(33(5)25(34)37)30-22(32(21)4)20(31-39)18-10-6-7-12-29-18/h6-13,39H,14H2,1-5H3/b31-20+. The number of carbonyl (C=O) groups excluding carboxylic acids is 1. The number of ether oxygens (including phenoxy) is 1. The van der Waals surface area contributed by atoms with Crippen LogP contribution in [0.2, 0.25) is 5.02 Å². The highest BCUT2D eigenvalue weighted by atomic mass is 35.5. The minimum atomic E-state index is -0.792. The zero-order chi connectivity index (χ0) is 28.9. The van der Waals surface area contributed by atoms with Gasteiger partial charge in [0.15, 0.2) is 22.7 Å². The molecular weight excluding hydrogens is 538 g/mol. The number of aromatic nitrogens is 6. The van der Waals surface area contributed by atoms with Gasteiger partial charge in [0.05, 0.1) is 23.4 Å². The number of hydrogen-bond acceptors (Lipinski definition) is 8. The van der Waals surface area contributed by atoms with Gasteiger partial charge in [0.1, 0.15) is 5.60 Å². The van der Waals surface area contributed by atoms with Gasteiger partial charge in [-0.3, -0.25) is 18.9 Å². The Hall–Kier alpha value is -4.71. The van der Waals surface area contributed by atoms with E-state index in [1.807, 2.05) is 0 Å². The van der Waals surface area contributed by atoms with Crippen LogP contribution in [0, 0.1) is 0 Å². The van der Waals surface area contributed by atoms with Gasteiger partial charge >= 0.3 is 11.8 Å². The highest BCUT2D eigenvalue weighted by Crippen LogP contribution is 2.28. The summed E-state index contributed by atoms with van der Waals surface area (Å²) in [6, 6.07) is 11.8. The van der Waals surface area contributed by atoms with Gasteiger partial charge in [-0.25, -0.2) is 19.1 Å². The van der Waals surface area contributed by atoms with E-state index in [2.05, 4.69) is 15.1 Å². The lowest BCUT2D eigenvalue weighted by atomic mass is 10.2. The lowest BCUT2D eigenvalue weighted by Gasteiger charge is -2.21. The van der Waals surface area contributed by atoms with Crippen LogP contribution in [0.1, 0.15) is 38.0 Å². The Balaban J connectivity index is 1.71. The van der Waals surface area contributed by atoms with Crippen molar-refractivity contribution in [2.24, 2.45) is 19.3 Å². The van der Waals surface area contributed by atoms with E-state index in [0.29, 0.717) is 27.3 Å². The van der Waals surface area contributed by atoms with Crippen LogP contribution < -0.4 is 11.2 Å². The number of nitrogens with zero attached hydrogens (tertiary/aromatic N) is 7. The summed E-state index contributed by atoms with van der Waals surface area (Å²) in [4.78, 5) is 49.2. The molecule has 0 atom stereocenters. The van der Waals surface area contributed by atoms with E-state index in [4.69, 9.17) is 16.3 Å². The number of fused-ring (bicyclic) bond motifs is 2. The normalized spacial score (nSPS) is 12.4. The Labute approximate surface area is 232 Å². The summed E-state index contributed by atoms with van der Waals surface area (Å²) in [6.07, 6.45) is 0.856. The fourth-order valence-corrected chi connectivity index (χ4v) is 4.78. The molecule has 0 aliphatic rings. The molecule has 206 valence electrons. The summed E-state index contributed by atoms with van der Waals surface area (Å²) in [5.74, 6) is 0.135. The first-order valence-corrected chi connectivity index (χ1v) is 12.6. The molecule has 1 aromatic carbocycles. The molecule has 0 aliphatic heterocycles. The molecule has 0 aliphatic carbocycles.